The first-order valence-electron chi connectivity index (χ1n) is 8.12. The van der Waals surface area contributed by atoms with Gasteiger partial charge in [-0.2, -0.15) is 0 Å². The maximum Gasteiger partial charge on any atom is 0.147 e. The van der Waals surface area contributed by atoms with Gasteiger partial charge in [0.05, 0.1) is 35.1 Å². The van der Waals surface area contributed by atoms with E-state index in [0.717, 1.165) is 21.6 Å². The number of fused-ring (bicyclic) bond motifs is 1. The van der Waals surface area contributed by atoms with Crippen molar-refractivity contribution < 1.29 is 9.47 Å². The molecule has 0 atom stereocenters. The number of rotatable bonds is 4. The number of benzene rings is 1. The Balaban J connectivity index is 1.73. The van der Waals surface area contributed by atoms with E-state index in [-0.39, 0.29) is 0 Å². The average Bonchev–Trinajstić information content (AvgIpc) is 3.38. The molecule has 2 heterocycles. The SMILES string of the molecule is COc1cc(C#Cc2csc3c(NC4CC4)ncnc23)c(Cl)c(OC)c1. The zero-order valence-corrected chi connectivity index (χ0v) is 15.9. The van der Waals surface area contributed by atoms with E-state index in [0.29, 0.717) is 28.1 Å². The third-order valence-corrected chi connectivity index (χ3v) is 5.44. The van der Waals surface area contributed by atoms with E-state index in [4.69, 9.17) is 21.1 Å². The van der Waals surface area contributed by atoms with Gasteiger partial charge in [-0.3, -0.25) is 0 Å². The summed E-state index contributed by atoms with van der Waals surface area (Å²) in [5, 5.41) is 5.90. The molecule has 0 saturated heterocycles. The fourth-order valence-electron chi connectivity index (χ4n) is 2.53. The number of hydrogen-bond donors (Lipinski definition) is 1. The van der Waals surface area contributed by atoms with E-state index in [1.54, 1.807) is 44.0 Å². The summed E-state index contributed by atoms with van der Waals surface area (Å²) in [6, 6.07) is 4.06. The van der Waals surface area contributed by atoms with E-state index in [2.05, 4.69) is 27.1 Å². The lowest BCUT2D eigenvalue weighted by atomic mass is 10.2. The van der Waals surface area contributed by atoms with Crippen LogP contribution in [0.4, 0.5) is 5.82 Å². The van der Waals surface area contributed by atoms with Crippen molar-refractivity contribution in [1.82, 2.24) is 9.97 Å². The van der Waals surface area contributed by atoms with Gasteiger partial charge < -0.3 is 14.8 Å². The fourth-order valence-corrected chi connectivity index (χ4v) is 3.67. The molecule has 0 bridgehead atoms. The summed E-state index contributed by atoms with van der Waals surface area (Å²) in [5.41, 5.74) is 2.35. The first-order chi connectivity index (χ1) is 12.7. The summed E-state index contributed by atoms with van der Waals surface area (Å²) >= 11 is 7.96. The first-order valence-corrected chi connectivity index (χ1v) is 9.37. The minimum absolute atomic E-state index is 0.464. The van der Waals surface area contributed by atoms with Crippen LogP contribution in [0.2, 0.25) is 5.02 Å². The molecule has 3 aromatic rings. The Morgan fingerprint density at radius 3 is 2.69 bits per heavy atom. The number of halogens is 1. The van der Waals surface area contributed by atoms with Crippen LogP contribution in [-0.4, -0.2) is 30.2 Å². The molecular weight excluding hydrogens is 370 g/mol. The Hall–Kier alpha value is -2.49. The van der Waals surface area contributed by atoms with E-state index in [1.807, 2.05) is 5.38 Å². The monoisotopic (exact) mass is 385 g/mol. The van der Waals surface area contributed by atoms with Crippen molar-refractivity contribution in [2.24, 2.45) is 0 Å². The van der Waals surface area contributed by atoms with Crippen LogP contribution in [0, 0.1) is 11.8 Å². The second-order valence-corrected chi connectivity index (χ2v) is 7.17. The van der Waals surface area contributed by atoms with Gasteiger partial charge in [0.25, 0.3) is 0 Å². The topological polar surface area (TPSA) is 56.3 Å². The van der Waals surface area contributed by atoms with Crippen LogP contribution in [0.25, 0.3) is 10.2 Å². The molecule has 7 heteroatoms. The molecule has 2 aromatic heterocycles. The third kappa shape index (κ3) is 3.28. The maximum atomic E-state index is 6.37. The van der Waals surface area contributed by atoms with Crippen molar-refractivity contribution in [3.05, 3.63) is 40.0 Å². The molecular formula is C19H16ClN3O2S. The molecule has 0 radical (unpaired) electrons. The maximum absolute atomic E-state index is 6.37. The van der Waals surface area contributed by atoms with Crippen molar-refractivity contribution in [3.63, 3.8) is 0 Å². The van der Waals surface area contributed by atoms with Gasteiger partial charge in [-0.1, -0.05) is 23.4 Å². The Labute approximate surface area is 160 Å². The van der Waals surface area contributed by atoms with Crippen molar-refractivity contribution in [1.29, 1.82) is 0 Å². The minimum atomic E-state index is 0.464. The lowest BCUT2D eigenvalue weighted by Gasteiger charge is -2.07. The average molecular weight is 386 g/mol. The quantitative estimate of drug-likeness (QED) is 0.677. The fraction of sp³-hybridized carbons (Fsp3) is 0.263. The third-order valence-electron chi connectivity index (χ3n) is 4.07. The Kier molecular flexibility index (Phi) is 4.58. The Morgan fingerprint density at radius 1 is 1.15 bits per heavy atom. The van der Waals surface area contributed by atoms with Crippen molar-refractivity contribution in [3.8, 4) is 23.3 Å². The summed E-state index contributed by atoms with van der Waals surface area (Å²) in [6.45, 7) is 0. The van der Waals surface area contributed by atoms with Crippen LogP contribution < -0.4 is 14.8 Å². The number of nitrogens with zero attached hydrogens (tertiary/aromatic N) is 2. The zero-order valence-electron chi connectivity index (χ0n) is 14.3. The molecule has 26 heavy (non-hydrogen) atoms. The normalized spacial score (nSPS) is 13.2. The molecule has 0 spiro atoms. The van der Waals surface area contributed by atoms with Crippen LogP contribution in [-0.2, 0) is 0 Å². The number of nitrogens with one attached hydrogen (secondary N) is 1. The number of hydrogen-bond acceptors (Lipinski definition) is 6. The zero-order chi connectivity index (χ0) is 18.1. The van der Waals surface area contributed by atoms with Gasteiger partial charge in [0.15, 0.2) is 0 Å². The van der Waals surface area contributed by atoms with Gasteiger partial charge in [0.1, 0.15) is 29.2 Å². The summed E-state index contributed by atoms with van der Waals surface area (Å²) in [5.74, 6) is 8.34. The number of anilines is 1. The van der Waals surface area contributed by atoms with Gasteiger partial charge >= 0.3 is 0 Å². The minimum Gasteiger partial charge on any atom is -0.497 e. The van der Waals surface area contributed by atoms with Crippen LogP contribution >= 0.6 is 22.9 Å². The standard InChI is InChI=1S/C19H16ClN3O2S/c1-24-14-7-11(16(20)15(8-14)25-2)3-4-12-9-26-18-17(12)21-10-22-19(18)23-13-5-6-13/h7-10,13H,5-6H2,1-2H3,(H,21,22,23). The highest BCUT2D eigenvalue weighted by Crippen LogP contribution is 2.34. The predicted octanol–water partition coefficient (Wildman–Crippen LogP) is 4.34. The number of ether oxygens (including phenoxy) is 2. The van der Waals surface area contributed by atoms with Crippen LogP contribution in [0.1, 0.15) is 24.0 Å². The van der Waals surface area contributed by atoms with Gasteiger partial charge in [0.2, 0.25) is 0 Å². The molecule has 1 N–H and O–H groups in total. The molecule has 132 valence electrons. The Morgan fingerprint density at radius 2 is 1.96 bits per heavy atom. The summed E-state index contributed by atoms with van der Waals surface area (Å²) in [7, 11) is 3.16. The van der Waals surface area contributed by atoms with Crippen LogP contribution in [0.3, 0.4) is 0 Å². The van der Waals surface area contributed by atoms with Gasteiger partial charge in [-0.05, 0) is 18.9 Å². The van der Waals surface area contributed by atoms with Crippen molar-refractivity contribution in [2.75, 3.05) is 19.5 Å². The molecule has 1 aromatic carbocycles. The second kappa shape index (κ2) is 7.02. The lowest BCUT2D eigenvalue weighted by Crippen LogP contribution is -2.03. The summed E-state index contributed by atoms with van der Waals surface area (Å²) in [6.07, 6.45) is 3.96. The molecule has 1 saturated carbocycles. The van der Waals surface area contributed by atoms with Crippen molar-refractivity contribution >= 4 is 39.0 Å². The highest BCUT2D eigenvalue weighted by atomic mass is 35.5. The predicted molar refractivity (Wildman–Crippen MR) is 105 cm³/mol. The Bertz CT molecular complexity index is 1030. The highest BCUT2D eigenvalue weighted by Gasteiger charge is 2.23. The second-order valence-electron chi connectivity index (χ2n) is 5.91. The van der Waals surface area contributed by atoms with Gasteiger partial charge in [0, 0.05) is 17.5 Å². The first kappa shape index (κ1) is 17.0. The number of methoxy groups -OCH3 is 2. The molecule has 1 fully saturated rings. The van der Waals surface area contributed by atoms with Crippen LogP contribution in [0.15, 0.2) is 23.8 Å². The molecule has 4 rings (SSSR count). The van der Waals surface area contributed by atoms with Crippen LogP contribution in [0.5, 0.6) is 11.5 Å². The smallest absolute Gasteiger partial charge is 0.147 e. The van der Waals surface area contributed by atoms with E-state index < -0.39 is 0 Å². The molecule has 0 aliphatic heterocycles. The molecule has 1 aliphatic carbocycles. The van der Waals surface area contributed by atoms with Gasteiger partial charge in [-0.15, -0.1) is 11.3 Å². The number of thiophene rings is 1. The van der Waals surface area contributed by atoms with E-state index in [1.165, 1.54) is 12.8 Å². The van der Waals surface area contributed by atoms with E-state index in [9.17, 15) is 0 Å². The molecule has 1 aliphatic rings. The number of aromatic nitrogens is 2. The molecule has 5 nitrogen and oxygen atoms in total. The lowest BCUT2D eigenvalue weighted by molar-refractivity contribution is 0.394. The summed E-state index contributed by atoms with van der Waals surface area (Å²) in [4.78, 5) is 8.77. The molecule has 0 unspecified atom stereocenters. The molecule has 0 amide bonds. The van der Waals surface area contributed by atoms with Gasteiger partial charge in [-0.25, -0.2) is 9.97 Å². The van der Waals surface area contributed by atoms with E-state index >= 15 is 0 Å². The van der Waals surface area contributed by atoms with Crippen molar-refractivity contribution in [2.45, 2.75) is 18.9 Å². The summed E-state index contributed by atoms with van der Waals surface area (Å²) < 4.78 is 11.6. The largest absolute Gasteiger partial charge is 0.497 e. The highest BCUT2D eigenvalue weighted by molar-refractivity contribution is 7.18.